The quantitative estimate of drug-likeness (QED) is 0.788. The fraction of sp³-hybridized carbons (Fsp3) is 0.429. The van der Waals surface area contributed by atoms with Crippen LogP contribution in [0.4, 0.5) is 0 Å². The summed E-state index contributed by atoms with van der Waals surface area (Å²) in [5, 5.41) is 8.77. The molecular weight excluding hydrogens is 232 g/mol. The molecule has 1 rings (SSSR count). The number of ether oxygens (including phenoxy) is 1. The van der Waals surface area contributed by atoms with E-state index in [0.29, 0.717) is 12.8 Å². The molecule has 0 spiro atoms. The van der Waals surface area contributed by atoms with Crippen LogP contribution in [0.2, 0.25) is 0 Å². The third kappa shape index (κ3) is 4.57. The first-order valence-electron chi connectivity index (χ1n) is 6.04. The second-order valence-electron chi connectivity index (χ2n) is 4.26. The second-order valence-corrected chi connectivity index (χ2v) is 4.26. The molecule has 1 atom stereocenters. The Morgan fingerprint density at radius 3 is 2.39 bits per heavy atom. The summed E-state index contributed by atoms with van der Waals surface area (Å²) in [6, 6.07) is 6.59. The van der Waals surface area contributed by atoms with Crippen LogP contribution in [0, 0.1) is 0 Å². The van der Waals surface area contributed by atoms with E-state index in [-0.39, 0.29) is 17.6 Å². The van der Waals surface area contributed by atoms with Crippen LogP contribution in [-0.4, -0.2) is 23.1 Å². The summed E-state index contributed by atoms with van der Waals surface area (Å²) in [6.07, 6.45) is 1.61. The Balaban J connectivity index is 2.51. The molecule has 0 bridgehead atoms. The van der Waals surface area contributed by atoms with Gasteiger partial charge in [0.2, 0.25) is 0 Å². The summed E-state index contributed by atoms with van der Waals surface area (Å²) in [4.78, 5) is 22.0. The Kier molecular flexibility index (Phi) is 5.36. The highest BCUT2D eigenvalue weighted by Gasteiger charge is 2.10. The van der Waals surface area contributed by atoms with Crippen LogP contribution >= 0.6 is 0 Å². The third-order valence-electron chi connectivity index (χ3n) is 2.51. The van der Waals surface area contributed by atoms with E-state index in [1.54, 1.807) is 24.3 Å². The average molecular weight is 250 g/mol. The molecule has 0 heterocycles. The first-order chi connectivity index (χ1) is 8.52. The van der Waals surface area contributed by atoms with Gasteiger partial charge in [0.05, 0.1) is 5.56 Å². The summed E-state index contributed by atoms with van der Waals surface area (Å²) in [5.74, 6) is -1.13. The van der Waals surface area contributed by atoms with E-state index in [2.05, 4.69) is 0 Å². The maximum atomic E-state index is 11.3. The molecule has 4 heteroatoms. The van der Waals surface area contributed by atoms with E-state index in [1.807, 2.05) is 13.8 Å². The van der Waals surface area contributed by atoms with Gasteiger partial charge in [0.25, 0.3) is 0 Å². The van der Waals surface area contributed by atoms with Crippen LogP contribution in [0.3, 0.4) is 0 Å². The summed E-state index contributed by atoms with van der Waals surface area (Å²) in [7, 11) is 0. The summed E-state index contributed by atoms with van der Waals surface area (Å²) in [5.41, 5.74) is 1.21. The number of carboxylic acid groups (broad SMARTS) is 1. The number of aromatic carboxylic acids is 1. The zero-order valence-corrected chi connectivity index (χ0v) is 10.7. The molecule has 0 unspecified atom stereocenters. The van der Waals surface area contributed by atoms with Gasteiger partial charge in [-0.2, -0.15) is 0 Å². The largest absolute Gasteiger partial charge is 0.478 e. The second kappa shape index (κ2) is 6.79. The van der Waals surface area contributed by atoms with Crippen LogP contribution in [0.1, 0.15) is 42.6 Å². The van der Waals surface area contributed by atoms with Gasteiger partial charge in [-0.25, -0.2) is 4.79 Å². The maximum Gasteiger partial charge on any atom is 0.335 e. The number of benzene rings is 1. The maximum absolute atomic E-state index is 11.3. The van der Waals surface area contributed by atoms with Crippen molar-refractivity contribution < 1.29 is 19.4 Å². The Hall–Kier alpha value is -1.84. The third-order valence-corrected chi connectivity index (χ3v) is 2.51. The smallest absolute Gasteiger partial charge is 0.335 e. The zero-order chi connectivity index (χ0) is 13.5. The molecule has 0 radical (unpaired) electrons. The predicted octanol–water partition coefficient (Wildman–Crippen LogP) is 2.66. The predicted molar refractivity (Wildman–Crippen MR) is 67.6 cm³/mol. The van der Waals surface area contributed by atoms with Crippen molar-refractivity contribution in [3.05, 3.63) is 35.4 Å². The molecule has 18 heavy (non-hydrogen) atoms. The SMILES string of the molecule is CCCC(=O)O[C@H](C)Cc1ccc(C(=O)O)cc1. The van der Waals surface area contributed by atoms with E-state index in [1.165, 1.54) is 0 Å². The van der Waals surface area contributed by atoms with Crippen molar-refractivity contribution in [2.45, 2.75) is 39.2 Å². The van der Waals surface area contributed by atoms with Crippen molar-refractivity contribution in [3.63, 3.8) is 0 Å². The molecule has 0 saturated heterocycles. The monoisotopic (exact) mass is 250 g/mol. The van der Waals surface area contributed by atoms with E-state index in [9.17, 15) is 9.59 Å². The minimum atomic E-state index is -0.941. The number of rotatable bonds is 6. The van der Waals surface area contributed by atoms with Gasteiger partial charge in [0, 0.05) is 12.8 Å². The van der Waals surface area contributed by atoms with Crippen LogP contribution < -0.4 is 0 Å². The Labute approximate surface area is 107 Å². The van der Waals surface area contributed by atoms with Crippen molar-refractivity contribution in [3.8, 4) is 0 Å². The van der Waals surface area contributed by atoms with E-state index in [4.69, 9.17) is 9.84 Å². The molecule has 1 N–H and O–H groups in total. The van der Waals surface area contributed by atoms with E-state index < -0.39 is 5.97 Å². The van der Waals surface area contributed by atoms with Crippen LogP contribution in [0.5, 0.6) is 0 Å². The highest BCUT2D eigenvalue weighted by molar-refractivity contribution is 5.87. The van der Waals surface area contributed by atoms with Crippen molar-refractivity contribution in [1.82, 2.24) is 0 Å². The van der Waals surface area contributed by atoms with Crippen molar-refractivity contribution >= 4 is 11.9 Å². The number of carboxylic acids is 1. The van der Waals surface area contributed by atoms with Crippen LogP contribution in [-0.2, 0) is 16.0 Å². The van der Waals surface area contributed by atoms with Crippen molar-refractivity contribution in [2.75, 3.05) is 0 Å². The molecule has 0 aliphatic rings. The van der Waals surface area contributed by atoms with Gasteiger partial charge in [0.1, 0.15) is 6.10 Å². The molecule has 0 aliphatic carbocycles. The number of carbonyl (C=O) groups excluding carboxylic acids is 1. The van der Waals surface area contributed by atoms with E-state index in [0.717, 1.165) is 12.0 Å². The molecule has 98 valence electrons. The minimum absolute atomic E-state index is 0.188. The van der Waals surface area contributed by atoms with Crippen LogP contribution in [0.15, 0.2) is 24.3 Å². The molecule has 1 aromatic rings. The lowest BCUT2D eigenvalue weighted by atomic mass is 10.1. The summed E-state index contributed by atoms with van der Waals surface area (Å²) < 4.78 is 5.22. The summed E-state index contributed by atoms with van der Waals surface area (Å²) >= 11 is 0. The molecule has 0 fully saturated rings. The molecule has 4 nitrogen and oxygen atoms in total. The van der Waals surface area contributed by atoms with E-state index >= 15 is 0 Å². The molecule has 0 amide bonds. The number of esters is 1. The lowest BCUT2D eigenvalue weighted by molar-refractivity contribution is -0.148. The molecule has 0 aromatic heterocycles. The molecule has 0 saturated carbocycles. The van der Waals surface area contributed by atoms with Gasteiger partial charge < -0.3 is 9.84 Å². The van der Waals surface area contributed by atoms with Gasteiger partial charge in [-0.1, -0.05) is 19.1 Å². The molecule has 0 aliphatic heterocycles. The Morgan fingerprint density at radius 1 is 1.28 bits per heavy atom. The topological polar surface area (TPSA) is 63.6 Å². The van der Waals surface area contributed by atoms with Gasteiger partial charge in [-0.05, 0) is 31.0 Å². The van der Waals surface area contributed by atoms with Crippen molar-refractivity contribution in [2.24, 2.45) is 0 Å². The first kappa shape index (κ1) is 14.2. The Bertz CT molecular complexity index is 408. The summed E-state index contributed by atoms with van der Waals surface area (Å²) in [6.45, 7) is 3.76. The van der Waals surface area contributed by atoms with Crippen molar-refractivity contribution in [1.29, 1.82) is 0 Å². The highest BCUT2D eigenvalue weighted by Crippen LogP contribution is 2.09. The van der Waals surface area contributed by atoms with Gasteiger partial charge >= 0.3 is 11.9 Å². The zero-order valence-electron chi connectivity index (χ0n) is 10.7. The highest BCUT2D eigenvalue weighted by atomic mass is 16.5. The average Bonchev–Trinajstić information content (AvgIpc) is 2.29. The first-order valence-corrected chi connectivity index (χ1v) is 6.04. The van der Waals surface area contributed by atoms with Gasteiger partial charge in [-0.3, -0.25) is 4.79 Å². The standard InChI is InChI=1S/C14H18O4/c1-3-4-13(15)18-10(2)9-11-5-7-12(8-6-11)14(16)17/h5-8,10H,3-4,9H2,1-2H3,(H,16,17)/t10-/m1/s1. The number of hydrogen-bond acceptors (Lipinski definition) is 3. The fourth-order valence-electron chi connectivity index (χ4n) is 1.64. The van der Waals surface area contributed by atoms with Crippen LogP contribution in [0.25, 0.3) is 0 Å². The molecule has 1 aromatic carbocycles. The fourth-order valence-corrected chi connectivity index (χ4v) is 1.64. The lowest BCUT2D eigenvalue weighted by Crippen LogP contribution is -2.17. The van der Waals surface area contributed by atoms with Gasteiger partial charge in [0.15, 0.2) is 0 Å². The Morgan fingerprint density at radius 2 is 1.89 bits per heavy atom. The molecular formula is C14H18O4. The minimum Gasteiger partial charge on any atom is -0.478 e. The lowest BCUT2D eigenvalue weighted by Gasteiger charge is -2.13. The number of carbonyl (C=O) groups is 2. The normalized spacial score (nSPS) is 11.9. The number of hydrogen-bond donors (Lipinski definition) is 1. The van der Waals surface area contributed by atoms with Gasteiger partial charge in [-0.15, -0.1) is 0 Å².